The van der Waals surface area contributed by atoms with Crippen LogP contribution in [-0.2, 0) is 9.59 Å². The third-order valence-corrected chi connectivity index (χ3v) is 4.30. The van der Waals surface area contributed by atoms with E-state index in [0.717, 1.165) is 19.4 Å². The smallest absolute Gasteiger partial charge is 0.269 e. The van der Waals surface area contributed by atoms with Gasteiger partial charge in [-0.2, -0.15) is 0 Å². The minimum atomic E-state index is -0.778. The van der Waals surface area contributed by atoms with Gasteiger partial charge in [-0.15, -0.1) is 24.8 Å². The van der Waals surface area contributed by atoms with E-state index in [0.29, 0.717) is 25.1 Å². The molecule has 1 aromatic rings. The minimum absolute atomic E-state index is 0. The number of nitrogens with one attached hydrogen (secondary N) is 3. The lowest BCUT2D eigenvalue weighted by Gasteiger charge is -2.20. The van der Waals surface area contributed by atoms with E-state index in [9.17, 15) is 19.7 Å². The van der Waals surface area contributed by atoms with Gasteiger partial charge in [0.2, 0.25) is 11.8 Å². The predicted molar refractivity (Wildman–Crippen MR) is 119 cm³/mol. The molecule has 2 amide bonds. The largest absolute Gasteiger partial charge is 0.370 e. The van der Waals surface area contributed by atoms with Gasteiger partial charge in [0, 0.05) is 24.4 Å². The van der Waals surface area contributed by atoms with Crippen molar-refractivity contribution in [2.75, 3.05) is 18.4 Å². The number of amides is 2. The summed E-state index contributed by atoms with van der Waals surface area (Å²) in [5, 5.41) is 19.2. The Morgan fingerprint density at radius 3 is 2.47 bits per heavy atom. The fraction of sp³-hybridized carbons (Fsp3) is 0.471. The van der Waals surface area contributed by atoms with E-state index >= 15 is 0 Å². The number of non-ortho nitro benzene ring substituents is 1. The van der Waals surface area contributed by atoms with Crippen LogP contribution in [0.25, 0.3) is 0 Å². The second kappa shape index (κ2) is 13.6. The number of nitrogens with two attached hydrogens (primary N) is 2. The zero-order valence-electron chi connectivity index (χ0n) is 16.2. The van der Waals surface area contributed by atoms with Crippen LogP contribution in [0.1, 0.15) is 25.7 Å². The second-order valence-corrected chi connectivity index (χ2v) is 6.45. The van der Waals surface area contributed by atoms with Crippen molar-refractivity contribution in [2.45, 2.75) is 37.8 Å². The lowest BCUT2D eigenvalue weighted by atomic mass is 10.1. The maximum atomic E-state index is 12.6. The summed E-state index contributed by atoms with van der Waals surface area (Å²) in [5.41, 5.74) is 10.9. The van der Waals surface area contributed by atoms with Gasteiger partial charge >= 0.3 is 0 Å². The molecule has 1 aromatic carbocycles. The average molecular weight is 464 g/mol. The van der Waals surface area contributed by atoms with E-state index in [1.807, 2.05) is 0 Å². The highest BCUT2D eigenvalue weighted by molar-refractivity contribution is 5.98. The molecular weight excluding hydrogens is 437 g/mol. The van der Waals surface area contributed by atoms with Crippen LogP contribution in [-0.4, -0.2) is 47.9 Å². The number of carbonyl (C=O) groups is 2. The second-order valence-electron chi connectivity index (χ2n) is 6.45. The number of aliphatic imine (C=N–C) groups is 1. The van der Waals surface area contributed by atoms with Crippen molar-refractivity contribution in [3.8, 4) is 0 Å². The zero-order chi connectivity index (χ0) is 20.5. The Hall–Kier alpha value is -2.63. The standard InChI is InChI=1S/C17H25N7O4.2ClH/c18-17(19)21-10-2-4-14(23-15(25)13-3-1-9-20-13)16(26)22-11-5-7-12(8-6-11)24(27)28;;/h5-8,13-14,20H,1-4,9-10H2,(H,22,26)(H,23,25)(H4,18,19,21);2*1H/t13-,14-;;/m0../s1. The molecule has 2 rings (SSSR count). The van der Waals surface area contributed by atoms with Crippen LogP contribution in [0.15, 0.2) is 29.3 Å². The van der Waals surface area contributed by atoms with Crippen LogP contribution in [0.2, 0.25) is 0 Å². The summed E-state index contributed by atoms with van der Waals surface area (Å²) in [7, 11) is 0. The van der Waals surface area contributed by atoms with Crippen molar-refractivity contribution in [2.24, 2.45) is 16.5 Å². The van der Waals surface area contributed by atoms with Gasteiger partial charge in [-0.1, -0.05) is 0 Å². The molecule has 0 unspecified atom stereocenters. The number of hydrogen-bond acceptors (Lipinski definition) is 6. The molecule has 30 heavy (non-hydrogen) atoms. The molecule has 1 heterocycles. The van der Waals surface area contributed by atoms with E-state index in [1.165, 1.54) is 24.3 Å². The molecule has 7 N–H and O–H groups in total. The minimum Gasteiger partial charge on any atom is -0.370 e. The summed E-state index contributed by atoms with van der Waals surface area (Å²) in [6, 6.07) is 4.38. The molecule has 1 aliphatic heterocycles. The van der Waals surface area contributed by atoms with Crippen LogP contribution in [0.3, 0.4) is 0 Å². The van der Waals surface area contributed by atoms with E-state index in [-0.39, 0.29) is 48.4 Å². The molecule has 11 nitrogen and oxygen atoms in total. The fourth-order valence-electron chi connectivity index (χ4n) is 2.85. The molecule has 1 aliphatic rings. The van der Waals surface area contributed by atoms with Crippen molar-refractivity contribution in [1.82, 2.24) is 10.6 Å². The molecule has 1 saturated heterocycles. The lowest BCUT2D eigenvalue weighted by molar-refractivity contribution is -0.384. The highest BCUT2D eigenvalue weighted by atomic mass is 35.5. The number of rotatable bonds is 9. The van der Waals surface area contributed by atoms with Crippen LogP contribution in [0, 0.1) is 10.1 Å². The van der Waals surface area contributed by atoms with Crippen molar-refractivity contribution in [1.29, 1.82) is 0 Å². The number of halogens is 2. The Morgan fingerprint density at radius 1 is 1.27 bits per heavy atom. The Kier molecular flexibility index (Phi) is 12.4. The maximum absolute atomic E-state index is 12.6. The summed E-state index contributed by atoms with van der Waals surface area (Å²) < 4.78 is 0. The SMILES string of the molecule is Cl.Cl.NC(N)=NCCC[C@H](NC(=O)[C@@H]1CCCN1)C(=O)Nc1ccc([N+](=O)[O-])cc1. The molecule has 0 aromatic heterocycles. The summed E-state index contributed by atoms with van der Waals surface area (Å²) in [5.74, 6) is -0.681. The Morgan fingerprint density at radius 2 is 1.93 bits per heavy atom. The molecule has 168 valence electrons. The lowest BCUT2D eigenvalue weighted by Crippen LogP contribution is -2.49. The first-order valence-electron chi connectivity index (χ1n) is 9.01. The number of carbonyl (C=O) groups excluding carboxylic acids is 2. The quantitative estimate of drug-likeness (QED) is 0.117. The van der Waals surface area contributed by atoms with Gasteiger partial charge in [-0.25, -0.2) is 0 Å². The molecular formula is C17H27Cl2N7O4. The van der Waals surface area contributed by atoms with Gasteiger partial charge in [-0.05, 0) is 44.4 Å². The molecule has 0 bridgehead atoms. The Balaban J connectivity index is 0.00000420. The number of hydrogen-bond donors (Lipinski definition) is 5. The molecule has 13 heteroatoms. The van der Waals surface area contributed by atoms with Crippen molar-refractivity contribution in [3.05, 3.63) is 34.4 Å². The molecule has 0 spiro atoms. The fourth-order valence-corrected chi connectivity index (χ4v) is 2.85. The topological polar surface area (TPSA) is 178 Å². The summed E-state index contributed by atoms with van der Waals surface area (Å²) >= 11 is 0. The molecule has 0 radical (unpaired) electrons. The third-order valence-electron chi connectivity index (χ3n) is 4.30. The van der Waals surface area contributed by atoms with Crippen LogP contribution >= 0.6 is 24.8 Å². The molecule has 0 aliphatic carbocycles. The van der Waals surface area contributed by atoms with Gasteiger partial charge in [0.1, 0.15) is 6.04 Å². The predicted octanol–water partition coefficient (Wildman–Crippen LogP) is 0.667. The molecule has 0 saturated carbocycles. The van der Waals surface area contributed by atoms with Crippen molar-refractivity contribution < 1.29 is 14.5 Å². The van der Waals surface area contributed by atoms with Crippen molar-refractivity contribution >= 4 is 54.0 Å². The first kappa shape index (κ1) is 27.4. The molecule has 1 fully saturated rings. The number of benzene rings is 1. The Labute approximate surface area is 186 Å². The Bertz CT molecular complexity index is 736. The van der Waals surface area contributed by atoms with Crippen LogP contribution in [0.4, 0.5) is 11.4 Å². The number of nitro benzene ring substituents is 1. The van der Waals surface area contributed by atoms with E-state index < -0.39 is 16.9 Å². The summed E-state index contributed by atoms with van der Waals surface area (Å²) in [6.07, 6.45) is 2.46. The molecule has 2 atom stereocenters. The summed E-state index contributed by atoms with van der Waals surface area (Å²) in [4.78, 5) is 39.1. The van der Waals surface area contributed by atoms with Crippen LogP contribution < -0.4 is 27.4 Å². The van der Waals surface area contributed by atoms with Gasteiger partial charge < -0.3 is 27.4 Å². The van der Waals surface area contributed by atoms with Gasteiger partial charge in [-0.3, -0.25) is 24.7 Å². The third kappa shape index (κ3) is 8.80. The van der Waals surface area contributed by atoms with E-state index in [4.69, 9.17) is 11.5 Å². The van der Waals surface area contributed by atoms with Gasteiger partial charge in [0.05, 0.1) is 11.0 Å². The number of anilines is 1. The highest BCUT2D eigenvalue weighted by Gasteiger charge is 2.27. The normalized spacial score (nSPS) is 15.7. The number of nitrogens with zero attached hydrogens (tertiary/aromatic N) is 2. The average Bonchev–Trinajstić information content (AvgIpc) is 3.19. The monoisotopic (exact) mass is 463 g/mol. The summed E-state index contributed by atoms with van der Waals surface area (Å²) in [6.45, 7) is 1.10. The van der Waals surface area contributed by atoms with Crippen LogP contribution in [0.5, 0.6) is 0 Å². The first-order valence-corrected chi connectivity index (χ1v) is 9.01. The first-order chi connectivity index (χ1) is 13.4. The zero-order valence-corrected chi connectivity index (χ0v) is 17.8. The van der Waals surface area contributed by atoms with Gasteiger partial charge in [0.15, 0.2) is 5.96 Å². The van der Waals surface area contributed by atoms with Gasteiger partial charge in [0.25, 0.3) is 5.69 Å². The number of nitro groups is 1. The van der Waals surface area contributed by atoms with E-state index in [1.54, 1.807) is 0 Å². The van der Waals surface area contributed by atoms with Crippen molar-refractivity contribution in [3.63, 3.8) is 0 Å². The van der Waals surface area contributed by atoms with E-state index in [2.05, 4.69) is 20.9 Å². The highest BCUT2D eigenvalue weighted by Crippen LogP contribution is 2.16. The maximum Gasteiger partial charge on any atom is 0.269 e. The number of guanidine groups is 1.